The first-order valence-corrected chi connectivity index (χ1v) is 13.9. The zero-order valence-electron chi connectivity index (χ0n) is 18.3. The molecule has 1 aliphatic carbocycles. The molecule has 10 heteroatoms. The van der Waals surface area contributed by atoms with Crippen LogP contribution in [0.2, 0.25) is 5.15 Å². The largest absolute Gasteiger partial charge is 0.474 e. The van der Waals surface area contributed by atoms with Gasteiger partial charge in [-0.25, -0.2) is 22.6 Å². The Morgan fingerprint density at radius 1 is 1.29 bits per heavy atom. The third kappa shape index (κ3) is 5.56. The van der Waals surface area contributed by atoms with Crippen molar-refractivity contribution < 1.29 is 17.4 Å². The minimum atomic E-state index is -3.05. The number of pyridine rings is 2. The van der Waals surface area contributed by atoms with Gasteiger partial charge in [-0.3, -0.25) is 5.14 Å². The van der Waals surface area contributed by atoms with Gasteiger partial charge in [-0.2, -0.15) is 0 Å². The van der Waals surface area contributed by atoms with E-state index in [1.54, 1.807) is 18.5 Å². The van der Waals surface area contributed by atoms with Gasteiger partial charge in [0.25, 0.3) is 0 Å². The van der Waals surface area contributed by atoms with Crippen molar-refractivity contribution >= 4 is 43.2 Å². The Labute approximate surface area is 191 Å². The number of rotatable bonds is 9. The maximum absolute atomic E-state index is 12.0. The summed E-state index contributed by atoms with van der Waals surface area (Å²) >= 11 is 6.21. The average Bonchev–Trinajstić information content (AvgIpc) is 2.62. The van der Waals surface area contributed by atoms with E-state index in [0.717, 1.165) is 29.2 Å². The van der Waals surface area contributed by atoms with E-state index in [1.165, 1.54) is 6.26 Å². The van der Waals surface area contributed by atoms with Crippen LogP contribution in [0.1, 0.15) is 64.4 Å². The summed E-state index contributed by atoms with van der Waals surface area (Å²) in [4.78, 5) is 8.77. The average molecular weight is 488 g/mol. The Morgan fingerprint density at radius 2 is 1.97 bits per heavy atom. The van der Waals surface area contributed by atoms with Gasteiger partial charge in [0.15, 0.2) is 9.84 Å². The van der Waals surface area contributed by atoms with Crippen LogP contribution in [0.5, 0.6) is 5.88 Å². The first-order valence-electron chi connectivity index (χ1n) is 10.4. The van der Waals surface area contributed by atoms with Crippen molar-refractivity contribution in [3.8, 4) is 5.88 Å². The maximum Gasteiger partial charge on any atom is 0.223 e. The van der Waals surface area contributed by atoms with Crippen molar-refractivity contribution in [2.75, 3.05) is 6.26 Å². The fourth-order valence-electron chi connectivity index (χ4n) is 4.04. The first kappa shape index (κ1) is 24.4. The predicted molar refractivity (Wildman–Crippen MR) is 126 cm³/mol. The molecular formula is C21H30ClN3O4S2. The Morgan fingerprint density at radius 3 is 2.55 bits per heavy atom. The van der Waals surface area contributed by atoms with Gasteiger partial charge in [0.2, 0.25) is 5.88 Å². The molecule has 172 valence electrons. The summed E-state index contributed by atoms with van der Waals surface area (Å²) in [5.41, 5.74) is 0.995. The second kappa shape index (κ2) is 9.29. The van der Waals surface area contributed by atoms with Gasteiger partial charge in [0.05, 0.1) is 26.4 Å². The van der Waals surface area contributed by atoms with Gasteiger partial charge in [0, 0.05) is 31.5 Å². The summed E-state index contributed by atoms with van der Waals surface area (Å²) in [6.45, 7) is 5.92. The number of nitrogens with two attached hydrogens (primary N) is 1. The van der Waals surface area contributed by atoms with Crippen LogP contribution >= 0.6 is 11.6 Å². The summed E-state index contributed by atoms with van der Waals surface area (Å²) in [5, 5.41) is 7.37. The van der Waals surface area contributed by atoms with E-state index in [4.69, 9.17) is 21.5 Å². The summed E-state index contributed by atoms with van der Waals surface area (Å²) < 4.78 is 40.9. The van der Waals surface area contributed by atoms with E-state index in [-0.39, 0.29) is 17.3 Å². The number of hydrogen-bond acceptors (Lipinski definition) is 6. The molecular weight excluding hydrogens is 458 g/mol. The highest BCUT2D eigenvalue weighted by Crippen LogP contribution is 2.39. The predicted octanol–water partition coefficient (Wildman–Crippen LogP) is 3.91. The second-order valence-electron chi connectivity index (χ2n) is 8.98. The number of sulfone groups is 1. The molecule has 1 fully saturated rings. The Bertz CT molecular complexity index is 1090. The summed E-state index contributed by atoms with van der Waals surface area (Å²) in [5.74, 6) is 0.519. The van der Waals surface area contributed by atoms with Gasteiger partial charge in [-0.1, -0.05) is 24.9 Å². The quantitative estimate of drug-likeness (QED) is 0.536. The van der Waals surface area contributed by atoms with Crippen LogP contribution < -0.4 is 9.88 Å². The number of halogens is 1. The molecule has 0 saturated heterocycles. The molecule has 0 radical (unpaired) electrons. The molecule has 7 nitrogen and oxygen atoms in total. The van der Waals surface area contributed by atoms with Crippen molar-refractivity contribution in [1.82, 2.24) is 9.97 Å². The lowest BCUT2D eigenvalue weighted by molar-refractivity contribution is 0.119. The molecule has 1 unspecified atom stereocenters. The van der Waals surface area contributed by atoms with Crippen LogP contribution in [0.15, 0.2) is 18.5 Å². The lowest BCUT2D eigenvalue weighted by atomic mass is 9.85. The first-order chi connectivity index (χ1) is 14.4. The summed E-state index contributed by atoms with van der Waals surface area (Å²) in [6.07, 6.45) is 7.89. The molecule has 3 rings (SSSR count). The van der Waals surface area contributed by atoms with E-state index in [1.807, 2.05) is 13.8 Å². The van der Waals surface area contributed by atoms with Crippen molar-refractivity contribution in [3.05, 3.63) is 29.2 Å². The van der Waals surface area contributed by atoms with Crippen molar-refractivity contribution in [3.63, 3.8) is 0 Å². The maximum atomic E-state index is 12.0. The SMILES string of the molecule is CCC[C@@H](CC(C)(C)S(N)=O)c1cnc(OC2CC(S(C)(=O)=O)C2)c2cnc(Cl)cc12. The number of fused-ring (bicyclic) bond motifs is 1. The van der Waals surface area contributed by atoms with Crippen LogP contribution in [0.3, 0.4) is 0 Å². The van der Waals surface area contributed by atoms with Gasteiger partial charge in [-0.05, 0) is 49.6 Å². The number of ether oxygens (including phenoxy) is 1. The lowest BCUT2D eigenvalue weighted by Crippen LogP contribution is -2.42. The second-order valence-corrected chi connectivity index (χ2v) is 13.4. The fourth-order valence-corrected chi connectivity index (χ4v) is 5.69. The smallest absolute Gasteiger partial charge is 0.223 e. The van der Waals surface area contributed by atoms with Crippen LogP contribution in [0.4, 0.5) is 0 Å². The zero-order chi connectivity index (χ0) is 23.0. The van der Waals surface area contributed by atoms with Gasteiger partial charge >= 0.3 is 0 Å². The number of hydrogen-bond donors (Lipinski definition) is 1. The van der Waals surface area contributed by atoms with Gasteiger partial charge in [-0.15, -0.1) is 0 Å². The Balaban J connectivity index is 1.95. The molecule has 0 amide bonds. The van der Waals surface area contributed by atoms with E-state index in [2.05, 4.69) is 16.9 Å². The lowest BCUT2D eigenvalue weighted by Gasteiger charge is -2.34. The number of aromatic nitrogens is 2. The third-order valence-electron chi connectivity index (χ3n) is 6.03. The molecule has 1 saturated carbocycles. The van der Waals surface area contributed by atoms with Crippen LogP contribution in [0, 0.1) is 0 Å². The molecule has 2 atom stereocenters. The van der Waals surface area contributed by atoms with E-state index in [9.17, 15) is 12.6 Å². The molecule has 0 aromatic carbocycles. The van der Waals surface area contributed by atoms with E-state index in [0.29, 0.717) is 30.3 Å². The van der Waals surface area contributed by atoms with Gasteiger partial charge in [0.1, 0.15) is 11.3 Å². The molecule has 2 heterocycles. The van der Waals surface area contributed by atoms with Crippen LogP contribution in [-0.2, 0) is 20.8 Å². The highest BCUT2D eigenvalue weighted by atomic mass is 35.5. The topological polar surface area (TPSA) is 112 Å². The third-order valence-corrected chi connectivity index (χ3v) is 9.09. The molecule has 31 heavy (non-hydrogen) atoms. The Hall–Kier alpha value is -1.29. The van der Waals surface area contributed by atoms with E-state index < -0.39 is 25.6 Å². The van der Waals surface area contributed by atoms with Crippen LogP contribution in [-0.4, -0.2) is 45.0 Å². The summed E-state index contributed by atoms with van der Waals surface area (Å²) in [7, 11) is -4.51. The summed E-state index contributed by atoms with van der Waals surface area (Å²) in [6, 6.07) is 1.80. The molecule has 2 aromatic heterocycles. The zero-order valence-corrected chi connectivity index (χ0v) is 20.7. The standard InChI is InChI=1S/C21H30ClN3O4S2/c1-5-6-13(10-21(2,3)30(23)26)17-11-25-20(18-12-24-19(22)9-16(17)18)29-14-7-15(8-14)31(4,27)28/h9,11-15H,5-8,10,23H2,1-4H3/t13-,14?,15?,30?/m0/s1. The highest BCUT2D eigenvalue weighted by Gasteiger charge is 2.38. The van der Waals surface area contributed by atoms with Crippen molar-refractivity contribution in [2.45, 2.75) is 74.9 Å². The highest BCUT2D eigenvalue weighted by molar-refractivity contribution is 7.91. The van der Waals surface area contributed by atoms with E-state index >= 15 is 0 Å². The minimum Gasteiger partial charge on any atom is -0.474 e. The monoisotopic (exact) mass is 487 g/mol. The molecule has 1 aliphatic rings. The van der Waals surface area contributed by atoms with Gasteiger partial charge < -0.3 is 4.74 Å². The Kier molecular flexibility index (Phi) is 7.30. The minimum absolute atomic E-state index is 0.0911. The van der Waals surface area contributed by atoms with Crippen LogP contribution in [0.25, 0.3) is 10.8 Å². The number of nitrogens with zero attached hydrogens (tertiary/aromatic N) is 2. The molecule has 2 aromatic rings. The molecule has 0 aliphatic heterocycles. The molecule has 0 spiro atoms. The fraction of sp³-hybridized carbons (Fsp3) is 0.619. The molecule has 0 bridgehead atoms. The normalized spacial score (nSPS) is 21.5. The van der Waals surface area contributed by atoms with Crippen molar-refractivity contribution in [2.24, 2.45) is 5.14 Å². The molecule has 2 N–H and O–H groups in total. The van der Waals surface area contributed by atoms with Crippen molar-refractivity contribution in [1.29, 1.82) is 0 Å².